The maximum absolute atomic E-state index is 13.2. The summed E-state index contributed by atoms with van der Waals surface area (Å²) in [4.78, 5) is 1.58. The summed E-state index contributed by atoms with van der Waals surface area (Å²) < 4.78 is 52.0. The predicted molar refractivity (Wildman–Crippen MR) is 57.0 cm³/mol. The Morgan fingerprint density at radius 3 is 2.53 bits per heavy atom. The van der Waals surface area contributed by atoms with Crippen LogP contribution >= 0.6 is 0 Å². The molecule has 2 aliphatic rings. The summed E-state index contributed by atoms with van der Waals surface area (Å²) >= 11 is 0. The molecule has 0 unspecified atom stereocenters. The third-order valence-electron chi connectivity index (χ3n) is 3.01. The monoisotopic (exact) mass is 260 g/mol. The van der Waals surface area contributed by atoms with Crippen molar-refractivity contribution in [2.45, 2.75) is 23.8 Å². The SMILES string of the molecule is O=S1(=O)NCN(C2CC2)c2cc(F)c(F)cc21. The van der Waals surface area contributed by atoms with Crippen molar-refractivity contribution in [2.24, 2.45) is 0 Å². The lowest BCUT2D eigenvalue weighted by Crippen LogP contribution is -2.44. The van der Waals surface area contributed by atoms with Crippen molar-refractivity contribution in [2.75, 3.05) is 11.6 Å². The molecule has 3 rings (SSSR count). The minimum absolute atomic E-state index is 0.116. The van der Waals surface area contributed by atoms with Crippen LogP contribution in [0, 0.1) is 11.6 Å². The number of anilines is 1. The zero-order chi connectivity index (χ0) is 12.2. The minimum Gasteiger partial charge on any atom is -0.354 e. The van der Waals surface area contributed by atoms with Crippen LogP contribution in [-0.2, 0) is 10.0 Å². The average molecular weight is 260 g/mol. The highest BCUT2D eigenvalue weighted by Crippen LogP contribution is 2.37. The highest BCUT2D eigenvalue weighted by atomic mass is 32.2. The van der Waals surface area contributed by atoms with Gasteiger partial charge >= 0.3 is 0 Å². The second-order valence-corrected chi connectivity index (χ2v) is 5.98. The van der Waals surface area contributed by atoms with E-state index < -0.39 is 21.7 Å². The molecular formula is C10H10F2N2O2S. The van der Waals surface area contributed by atoms with Gasteiger partial charge in [-0.3, -0.25) is 0 Å². The molecule has 0 amide bonds. The first-order valence-electron chi connectivity index (χ1n) is 5.24. The Bertz CT molecular complexity index is 584. The molecule has 7 heteroatoms. The molecule has 0 atom stereocenters. The first kappa shape index (κ1) is 10.9. The van der Waals surface area contributed by atoms with Gasteiger partial charge in [-0.15, -0.1) is 0 Å². The quantitative estimate of drug-likeness (QED) is 0.825. The van der Waals surface area contributed by atoms with Gasteiger partial charge in [-0.25, -0.2) is 17.2 Å². The van der Waals surface area contributed by atoms with E-state index in [4.69, 9.17) is 0 Å². The molecular weight excluding hydrogens is 250 g/mol. The van der Waals surface area contributed by atoms with Gasteiger partial charge in [0.1, 0.15) is 4.90 Å². The average Bonchev–Trinajstić information content (AvgIpc) is 3.05. The molecule has 1 saturated carbocycles. The first-order chi connectivity index (χ1) is 7.99. The lowest BCUT2D eigenvalue weighted by molar-refractivity contribution is 0.501. The zero-order valence-corrected chi connectivity index (χ0v) is 9.60. The van der Waals surface area contributed by atoms with Crippen LogP contribution in [0.3, 0.4) is 0 Å². The first-order valence-corrected chi connectivity index (χ1v) is 6.73. The van der Waals surface area contributed by atoms with Gasteiger partial charge in [0.25, 0.3) is 0 Å². The van der Waals surface area contributed by atoms with Crippen LogP contribution in [0.5, 0.6) is 0 Å². The minimum atomic E-state index is -3.72. The molecule has 1 aromatic carbocycles. The van der Waals surface area contributed by atoms with E-state index in [1.54, 1.807) is 4.90 Å². The number of sulfonamides is 1. The second kappa shape index (κ2) is 3.39. The second-order valence-electron chi connectivity index (χ2n) is 4.24. The summed E-state index contributed by atoms with van der Waals surface area (Å²) in [5, 5.41) is 0. The van der Waals surface area contributed by atoms with E-state index in [0.717, 1.165) is 25.0 Å². The van der Waals surface area contributed by atoms with Crippen molar-refractivity contribution in [3.63, 3.8) is 0 Å². The highest BCUT2D eigenvalue weighted by molar-refractivity contribution is 7.89. The Balaban J connectivity index is 2.20. The Kier molecular flexibility index (Phi) is 2.18. The summed E-state index contributed by atoms with van der Waals surface area (Å²) in [5.41, 5.74) is 0.255. The van der Waals surface area contributed by atoms with E-state index in [-0.39, 0.29) is 23.3 Å². The van der Waals surface area contributed by atoms with Crippen molar-refractivity contribution < 1.29 is 17.2 Å². The fourth-order valence-corrected chi connectivity index (χ4v) is 3.16. The Hall–Kier alpha value is -1.21. The molecule has 92 valence electrons. The predicted octanol–water partition coefficient (Wildman–Crippen LogP) is 1.18. The maximum Gasteiger partial charge on any atom is 0.244 e. The number of nitrogens with one attached hydrogen (secondary N) is 1. The van der Waals surface area contributed by atoms with Gasteiger partial charge in [-0.1, -0.05) is 0 Å². The molecule has 0 saturated heterocycles. The molecule has 1 aromatic rings. The lowest BCUT2D eigenvalue weighted by Gasteiger charge is -2.31. The van der Waals surface area contributed by atoms with Crippen LogP contribution in [0.1, 0.15) is 12.8 Å². The van der Waals surface area contributed by atoms with Crippen molar-refractivity contribution in [3.8, 4) is 0 Å². The molecule has 1 N–H and O–H groups in total. The highest BCUT2D eigenvalue weighted by Gasteiger charge is 2.37. The molecule has 0 spiro atoms. The van der Waals surface area contributed by atoms with Gasteiger partial charge in [0.15, 0.2) is 11.6 Å². The molecule has 1 heterocycles. The molecule has 0 bridgehead atoms. The number of benzene rings is 1. The summed E-state index contributed by atoms with van der Waals surface area (Å²) in [5.74, 6) is -2.17. The number of rotatable bonds is 1. The van der Waals surface area contributed by atoms with Gasteiger partial charge in [-0.05, 0) is 18.9 Å². The van der Waals surface area contributed by atoms with Crippen LogP contribution in [0.15, 0.2) is 17.0 Å². The Morgan fingerprint density at radius 2 is 1.88 bits per heavy atom. The fraction of sp³-hybridized carbons (Fsp3) is 0.400. The molecule has 4 nitrogen and oxygen atoms in total. The number of hydrogen-bond donors (Lipinski definition) is 1. The molecule has 0 radical (unpaired) electrons. The van der Waals surface area contributed by atoms with Crippen molar-refractivity contribution in [3.05, 3.63) is 23.8 Å². The fourth-order valence-electron chi connectivity index (χ4n) is 1.99. The summed E-state index contributed by atoms with van der Waals surface area (Å²) in [6.07, 6.45) is 1.89. The molecule has 1 aliphatic heterocycles. The van der Waals surface area contributed by atoms with Gasteiger partial charge in [0, 0.05) is 12.1 Å². The summed E-state index contributed by atoms with van der Waals surface area (Å²) in [7, 11) is -3.72. The van der Waals surface area contributed by atoms with E-state index in [1.807, 2.05) is 0 Å². The smallest absolute Gasteiger partial charge is 0.244 e. The normalized spacial score (nSPS) is 22.4. The van der Waals surface area contributed by atoms with Gasteiger partial charge in [0.2, 0.25) is 10.0 Å². The van der Waals surface area contributed by atoms with Crippen molar-refractivity contribution >= 4 is 15.7 Å². The molecule has 1 aliphatic carbocycles. The van der Waals surface area contributed by atoms with Crippen LogP contribution in [0.4, 0.5) is 14.5 Å². The van der Waals surface area contributed by atoms with Crippen LogP contribution in [0.2, 0.25) is 0 Å². The van der Waals surface area contributed by atoms with Crippen LogP contribution in [0.25, 0.3) is 0 Å². The summed E-state index contributed by atoms with van der Waals surface area (Å²) in [6.45, 7) is 0.116. The zero-order valence-electron chi connectivity index (χ0n) is 8.78. The lowest BCUT2D eigenvalue weighted by atomic mass is 10.2. The topological polar surface area (TPSA) is 49.4 Å². The van der Waals surface area contributed by atoms with Gasteiger partial charge < -0.3 is 4.90 Å². The van der Waals surface area contributed by atoms with E-state index in [0.29, 0.717) is 0 Å². The van der Waals surface area contributed by atoms with Crippen molar-refractivity contribution in [1.82, 2.24) is 4.72 Å². The van der Waals surface area contributed by atoms with Crippen LogP contribution < -0.4 is 9.62 Å². The third kappa shape index (κ3) is 1.69. The van der Waals surface area contributed by atoms with E-state index in [1.165, 1.54) is 0 Å². The molecule has 17 heavy (non-hydrogen) atoms. The standard InChI is InChI=1S/C10H10F2N2O2S/c11-7-3-9-10(4-8(7)12)17(15,16)13-5-14(9)6-1-2-6/h3-4,6,13H,1-2,5H2. The summed E-state index contributed by atoms with van der Waals surface area (Å²) in [6, 6.07) is 1.92. The van der Waals surface area contributed by atoms with Crippen molar-refractivity contribution in [1.29, 1.82) is 0 Å². The molecule has 1 fully saturated rings. The van der Waals surface area contributed by atoms with E-state index in [2.05, 4.69) is 4.72 Å². The number of hydrogen-bond acceptors (Lipinski definition) is 3. The van der Waals surface area contributed by atoms with Gasteiger partial charge in [-0.2, -0.15) is 4.72 Å². The van der Waals surface area contributed by atoms with Crippen LogP contribution in [-0.4, -0.2) is 21.1 Å². The number of nitrogens with zero attached hydrogens (tertiary/aromatic N) is 1. The third-order valence-corrected chi connectivity index (χ3v) is 4.43. The Morgan fingerprint density at radius 1 is 1.24 bits per heavy atom. The largest absolute Gasteiger partial charge is 0.354 e. The Labute approximate surface area is 97.3 Å². The van der Waals surface area contributed by atoms with E-state index in [9.17, 15) is 17.2 Å². The number of halogens is 2. The van der Waals surface area contributed by atoms with Gasteiger partial charge in [0.05, 0.1) is 12.4 Å². The molecule has 0 aromatic heterocycles. The van der Waals surface area contributed by atoms with E-state index >= 15 is 0 Å². The maximum atomic E-state index is 13.2. The number of fused-ring (bicyclic) bond motifs is 1.